The number of carboxylic acid groups (broad SMARTS) is 1. The number of nitrogens with zero attached hydrogens (tertiary/aromatic N) is 1. The first-order chi connectivity index (χ1) is 17.2. The van der Waals surface area contributed by atoms with Gasteiger partial charge in [0.1, 0.15) is 4.34 Å². The van der Waals surface area contributed by atoms with Crippen LogP contribution in [-0.4, -0.2) is 35.6 Å². The minimum Gasteiger partial charge on any atom is -0.481 e. The van der Waals surface area contributed by atoms with E-state index in [0.29, 0.717) is 24.8 Å². The van der Waals surface area contributed by atoms with Crippen molar-refractivity contribution < 1.29 is 27.9 Å². The van der Waals surface area contributed by atoms with Gasteiger partial charge < -0.3 is 9.84 Å². The monoisotopic (exact) mass is 546 g/mol. The summed E-state index contributed by atoms with van der Waals surface area (Å²) >= 11 is 7.08. The van der Waals surface area contributed by atoms with Gasteiger partial charge in [-0.2, -0.15) is 0 Å². The second-order valence-corrected chi connectivity index (χ2v) is 12.7. The molecular formula is C25H23ClN2O6S2. The van der Waals surface area contributed by atoms with Gasteiger partial charge in [0.25, 0.3) is 5.91 Å². The van der Waals surface area contributed by atoms with Crippen LogP contribution in [0.1, 0.15) is 53.9 Å². The number of aliphatic carboxylic acids is 1. The summed E-state index contributed by atoms with van der Waals surface area (Å²) in [5.41, 5.74) is 2.85. The van der Waals surface area contributed by atoms with Crippen molar-refractivity contribution in [3.63, 3.8) is 0 Å². The van der Waals surface area contributed by atoms with Gasteiger partial charge in [0, 0.05) is 0 Å². The highest BCUT2D eigenvalue weighted by Gasteiger charge is 2.37. The number of fused-ring (bicyclic) bond motifs is 1. The zero-order valence-electron chi connectivity index (χ0n) is 19.0. The van der Waals surface area contributed by atoms with Gasteiger partial charge in [0.15, 0.2) is 21.1 Å². The molecule has 2 atom stereocenters. The van der Waals surface area contributed by atoms with E-state index in [0.717, 1.165) is 28.9 Å². The molecule has 1 saturated carbocycles. The number of aromatic nitrogens is 1. The lowest BCUT2D eigenvalue weighted by Crippen LogP contribution is -2.25. The fraction of sp³-hybridized carbons (Fsp3) is 0.320. The molecule has 0 spiro atoms. The van der Waals surface area contributed by atoms with Crippen LogP contribution in [0, 0.1) is 0 Å². The van der Waals surface area contributed by atoms with Crippen LogP contribution in [0.5, 0.6) is 0 Å². The molecule has 1 aromatic heterocycles. The van der Waals surface area contributed by atoms with Gasteiger partial charge in [0.05, 0.1) is 28.4 Å². The summed E-state index contributed by atoms with van der Waals surface area (Å²) in [7, 11) is -3.36. The Hall–Kier alpha value is -2.79. The van der Waals surface area contributed by atoms with Crippen LogP contribution in [-0.2, 0) is 37.0 Å². The third kappa shape index (κ3) is 5.17. The first kappa shape index (κ1) is 24.9. The molecule has 2 unspecified atom stereocenters. The van der Waals surface area contributed by atoms with Gasteiger partial charge in [-0.25, -0.2) is 13.4 Å². The van der Waals surface area contributed by atoms with E-state index in [4.69, 9.17) is 21.4 Å². The Kier molecular flexibility index (Phi) is 6.86. The first-order valence-electron chi connectivity index (χ1n) is 11.5. The number of nitrogens with one attached hydrogen (secondary N) is 1. The normalized spacial score (nSPS) is 18.0. The second-order valence-electron chi connectivity index (χ2n) is 8.85. The van der Waals surface area contributed by atoms with Crippen molar-refractivity contribution in [2.75, 3.05) is 5.32 Å². The Morgan fingerprint density at radius 2 is 1.86 bits per heavy atom. The van der Waals surface area contributed by atoms with Crippen molar-refractivity contribution in [1.29, 1.82) is 0 Å². The number of amides is 1. The lowest BCUT2D eigenvalue weighted by atomic mass is 10.1. The van der Waals surface area contributed by atoms with Crippen molar-refractivity contribution >= 4 is 49.8 Å². The maximum absolute atomic E-state index is 13.4. The molecule has 0 aliphatic heterocycles. The quantitative estimate of drug-likeness (QED) is 0.397. The lowest BCUT2D eigenvalue weighted by Gasteiger charge is -2.22. The highest BCUT2D eigenvalue weighted by atomic mass is 35.5. The Balaban J connectivity index is 1.42. The molecule has 1 heterocycles. The zero-order chi connectivity index (χ0) is 25.4. The van der Waals surface area contributed by atoms with E-state index in [2.05, 4.69) is 10.3 Å². The average Bonchev–Trinajstić information content (AvgIpc) is 3.56. The van der Waals surface area contributed by atoms with E-state index in [1.54, 1.807) is 12.1 Å². The molecule has 2 aliphatic carbocycles. The Morgan fingerprint density at radius 1 is 1.14 bits per heavy atom. The maximum atomic E-state index is 13.4. The number of carboxylic acids is 1. The zero-order valence-corrected chi connectivity index (χ0v) is 21.4. The van der Waals surface area contributed by atoms with E-state index < -0.39 is 27.8 Å². The van der Waals surface area contributed by atoms with Crippen molar-refractivity contribution in [2.24, 2.45) is 0 Å². The van der Waals surface area contributed by atoms with Crippen LogP contribution >= 0.6 is 22.9 Å². The number of ether oxygens (including phenoxy) is 1. The number of sulfone groups is 1. The molecule has 0 radical (unpaired) electrons. The van der Waals surface area contributed by atoms with Gasteiger partial charge in [0.2, 0.25) is 0 Å². The highest BCUT2D eigenvalue weighted by Crippen LogP contribution is 2.39. The van der Waals surface area contributed by atoms with Gasteiger partial charge in [-0.05, 0) is 54.5 Å². The SMILES string of the molecule is O=C(O)Cc1nc(NC(=O)C(OC2CCc3ccccc32)c2ccc(S(=O)(=O)C3CC3)cc2)sc1Cl. The number of benzene rings is 2. The molecule has 0 saturated heterocycles. The minimum absolute atomic E-state index is 0.162. The Labute approximate surface area is 217 Å². The van der Waals surface area contributed by atoms with E-state index >= 15 is 0 Å². The number of halogens is 1. The molecule has 2 aliphatic rings. The van der Waals surface area contributed by atoms with Gasteiger partial charge >= 0.3 is 5.97 Å². The molecule has 2 N–H and O–H groups in total. The molecule has 8 nitrogen and oxygen atoms in total. The summed E-state index contributed by atoms with van der Waals surface area (Å²) < 4.78 is 31.7. The van der Waals surface area contributed by atoms with E-state index in [9.17, 15) is 18.0 Å². The number of thiazole rings is 1. The largest absolute Gasteiger partial charge is 0.481 e. The van der Waals surface area contributed by atoms with Crippen LogP contribution in [0.4, 0.5) is 5.13 Å². The summed E-state index contributed by atoms with van der Waals surface area (Å²) in [4.78, 5) is 28.8. The second kappa shape index (κ2) is 9.93. The molecule has 3 aromatic rings. The van der Waals surface area contributed by atoms with Crippen molar-refractivity contribution in [1.82, 2.24) is 4.98 Å². The highest BCUT2D eigenvalue weighted by molar-refractivity contribution is 7.92. The Bertz CT molecular complexity index is 1420. The molecule has 36 heavy (non-hydrogen) atoms. The topological polar surface area (TPSA) is 123 Å². The average molecular weight is 547 g/mol. The summed E-state index contributed by atoms with van der Waals surface area (Å²) in [6.45, 7) is 0. The predicted molar refractivity (Wildman–Crippen MR) is 135 cm³/mol. The van der Waals surface area contributed by atoms with Crippen LogP contribution in [0.15, 0.2) is 53.4 Å². The summed E-state index contributed by atoms with van der Waals surface area (Å²) in [5, 5.41) is 11.6. The predicted octanol–water partition coefficient (Wildman–Crippen LogP) is 4.74. The van der Waals surface area contributed by atoms with Gasteiger partial charge in [-0.3, -0.25) is 14.9 Å². The minimum atomic E-state index is -3.36. The number of hydrogen-bond donors (Lipinski definition) is 2. The molecule has 1 amide bonds. The number of rotatable bonds is 9. The number of carbonyl (C=O) groups excluding carboxylic acids is 1. The van der Waals surface area contributed by atoms with Crippen LogP contribution in [0.2, 0.25) is 4.34 Å². The van der Waals surface area contributed by atoms with Crippen molar-refractivity contribution in [3.05, 3.63) is 75.3 Å². The van der Waals surface area contributed by atoms with Crippen molar-refractivity contribution in [2.45, 2.75) is 54.5 Å². The molecule has 188 valence electrons. The number of hydrogen-bond acceptors (Lipinski definition) is 7. The van der Waals surface area contributed by atoms with Gasteiger partial charge in [-0.1, -0.05) is 59.3 Å². The fourth-order valence-corrected chi connectivity index (χ4v) is 7.03. The Morgan fingerprint density at radius 3 is 2.56 bits per heavy atom. The fourth-order valence-electron chi connectivity index (χ4n) is 4.33. The molecule has 5 rings (SSSR count). The standard InChI is InChI=1S/C25H23ClN2O6S2/c26-23-19(13-21(29)30)27-25(35-23)28-24(31)22(34-20-12-7-14-3-1-2-4-18(14)20)15-5-8-16(9-6-15)36(32,33)17-10-11-17/h1-6,8-9,17,20,22H,7,10-13H2,(H,29,30)(H,27,28,31). The first-order valence-corrected chi connectivity index (χ1v) is 14.2. The number of aryl methyl sites for hydroxylation is 1. The van der Waals surface area contributed by atoms with Crippen LogP contribution in [0.25, 0.3) is 0 Å². The summed E-state index contributed by atoms with van der Waals surface area (Å²) in [6, 6.07) is 14.1. The number of carbonyl (C=O) groups is 2. The smallest absolute Gasteiger partial charge is 0.309 e. The van der Waals surface area contributed by atoms with Crippen molar-refractivity contribution in [3.8, 4) is 0 Å². The van der Waals surface area contributed by atoms with E-state index in [1.807, 2.05) is 24.3 Å². The summed E-state index contributed by atoms with van der Waals surface area (Å²) in [5.74, 6) is -1.59. The van der Waals surface area contributed by atoms with Crippen LogP contribution < -0.4 is 5.32 Å². The van der Waals surface area contributed by atoms with E-state index in [1.165, 1.54) is 12.1 Å². The third-order valence-corrected chi connectivity index (χ3v) is 9.82. The molecule has 11 heteroatoms. The lowest BCUT2D eigenvalue weighted by molar-refractivity contribution is -0.136. The maximum Gasteiger partial charge on any atom is 0.309 e. The molecule has 1 fully saturated rings. The van der Waals surface area contributed by atoms with Crippen LogP contribution in [0.3, 0.4) is 0 Å². The summed E-state index contributed by atoms with van der Waals surface area (Å²) in [6.07, 6.45) is 1.15. The third-order valence-electron chi connectivity index (χ3n) is 6.29. The molecule has 2 aromatic carbocycles. The molecule has 0 bridgehead atoms. The number of anilines is 1. The molecular weight excluding hydrogens is 524 g/mol. The van der Waals surface area contributed by atoms with E-state index in [-0.39, 0.29) is 37.8 Å². The van der Waals surface area contributed by atoms with Gasteiger partial charge in [-0.15, -0.1) is 0 Å².